The van der Waals surface area contributed by atoms with Gasteiger partial charge in [-0.2, -0.15) is 0 Å². The molecule has 1 aliphatic carbocycles. The minimum Gasteiger partial charge on any atom is -0.389 e. The molecular formula is C15H32ClNO5. The van der Waals surface area contributed by atoms with E-state index in [2.05, 4.69) is 6.92 Å². The average molecular weight is 342 g/mol. The molecule has 0 aliphatic heterocycles. The molecule has 0 heterocycles. The van der Waals surface area contributed by atoms with Gasteiger partial charge in [-0.05, 0) is 6.42 Å². The van der Waals surface area contributed by atoms with Gasteiger partial charge in [0.15, 0.2) is 0 Å². The van der Waals surface area contributed by atoms with Gasteiger partial charge in [0.1, 0.15) is 30.5 Å². The van der Waals surface area contributed by atoms with Crippen LogP contribution in [-0.2, 0) is 4.74 Å². The molecule has 0 aromatic heterocycles. The van der Waals surface area contributed by atoms with Crippen molar-refractivity contribution in [2.45, 2.75) is 88.4 Å². The molecule has 22 heavy (non-hydrogen) atoms. The fourth-order valence-corrected chi connectivity index (χ4v) is 2.74. The third kappa shape index (κ3) is 6.28. The summed E-state index contributed by atoms with van der Waals surface area (Å²) in [6.45, 7) is 2.62. The average Bonchev–Trinajstić information content (AvgIpc) is 2.49. The highest BCUT2D eigenvalue weighted by atomic mass is 35.5. The zero-order chi connectivity index (χ0) is 15.8. The van der Waals surface area contributed by atoms with E-state index in [9.17, 15) is 20.4 Å². The topological polar surface area (TPSA) is 116 Å². The van der Waals surface area contributed by atoms with E-state index in [0.717, 1.165) is 19.3 Å². The summed E-state index contributed by atoms with van der Waals surface area (Å²) in [5, 5.41) is 38.7. The highest BCUT2D eigenvalue weighted by Crippen LogP contribution is 2.23. The maximum absolute atomic E-state index is 9.87. The molecule has 6 nitrogen and oxygen atoms in total. The number of aliphatic hydroxyl groups excluding tert-OH is 4. The van der Waals surface area contributed by atoms with Crippen LogP contribution in [0.5, 0.6) is 0 Å². The Labute approximate surface area is 139 Å². The Kier molecular flexibility index (Phi) is 11.6. The number of aliphatic hydroxyl groups is 4. The van der Waals surface area contributed by atoms with Gasteiger partial charge in [0.05, 0.1) is 6.04 Å². The lowest BCUT2D eigenvalue weighted by atomic mass is 9.83. The second-order valence-corrected chi connectivity index (χ2v) is 6.00. The van der Waals surface area contributed by atoms with Gasteiger partial charge < -0.3 is 30.9 Å². The lowest BCUT2D eigenvalue weighted by Crippen LogP contribution is -2.67. The summed E-state index contributed by atoms with van der Waals surface area (Å²) in [5.74, 6) is 0. The predicted molar refractivity (Wildman–Crippen MR) is 87.0 cm³/mol. The monoisotopic (exact) mass is 341 g/mol. The minimum absolute atomic E-state index is 0. The van der Waals surface area contributed by atoms with Crippen LogP contribution in [0.25, 0.3) is 0 Å². The maximum atomic E-state index is 9.87. The molecule has 0 aromatic carbocycles. The molecule has 0 aromatic rings. The van der Waals surface area contributed by atoms with Crippen molar-refractivity contribution in [1.29, 1.82) is 0 Å². The van der Waals surface area contributed by atoms with Crippen LogP contribution in [0.2, 0.25) is 0 Å². The van der Waals surface area contributed by atoms with Crippen molar-refractivity contribution in [3.8, 4) is 0 Å². The summed E-state index contributed by atoms with van der Waals surface area (Å²) in [6, 6.07) is -0.900. The standard InChI is InChI=1S/C15H31NO5.ClH/c1-2-3-4-5-6-7-8-9-21-15-10(16)11(17)12(18)13(19)14(15)20;/h10-15,17-20H,2-9,16H2,1H3;1H/t10-,11-,12+,13-,14+,15-;/m0./s1. The van der Waals surface area contributed by atoms with Gasteiger partial charge in [0, 0.05) is 6.61 Å². The molecule has 0 amide bonds. The van der Waals surface area contributed by atoms with E-state index in [0.29, 0.717) is 6.61 Å². The van der Waals surface area contributed by atoms with Crippen LogP contribution in [0.1, 0.15) is 51.9 Å². The van der Waals surface area contributed by atoms with Crippen LogP contribution in [0.4, 0.5) is 0 Å². The number of hydrogen-bond donors (Lipinski definition) is 5. The molecule has 134 valence electrons. The molecule has 1 fully saturated rings. The largest absolute Gasteiger partial charge is 0.389 e. The Morgan fingerprint density at radius 3 is 1.86 bits per heavy atom. The van der Waals surface area contributed by atoms with Crippen molar-refractivity contribution < 1.29 is 25.2 Å². The maximum Gasteiger partial charge on any atom is 0.111 e. The smallest absolute Gasteiger partial charge is 0.111 e. The van der Waals surface area contributed by atoms with Gasteiger partial charge in [-0.15, -0.1) is 12.4 Å². The first-order valence-electron chi connectivity index (χ1n) is 8.10. The van der Waals surface area contributed by atoms with E-state index in [-0.39, 0.29) is 12.4 Å². The third-order valence-electron chi connectivity index (χ3n) is 4.22. The van der Waals surface area contributed by atoms with Crippen molar-refractivity contribution in [2.24, 2.45) is 5.73 Å². The Bertz CT molecular complexity index is 269. The van der Waals surface area contributed by atoms with Crippen molar-refractivity contribution >= 4 is 12.4 Å². The molecule has 1 aliphatic rings. The molecule has 6 N–H and O–H groups in total. The minimum atomic E-state index is -1.44. The molecule has 7 heteroatoms. The van der Waals surface area contributed by atoms with Crippen LogP contribution in [0.15, 0.2) is 0 Å². The lowest BCUT2D eigenvalue weighted by Gasteiger charge is -2.42. The van der Waals surface area contributed by atoms with Crippen LogP contribution < -0.4 is 5.73 Å². The SMILES string of the molecule is CCCCCCCCCO[C@H]1[C@@H](N)[C@H](O)[C@@H](O)[C@H](O)[C@H]1O.Cl. The van der Waals surface area contributed by atoms with Crippen molar-refractivity contribution in [3.05, 3.63) is 0 Å². The zero-order valence-corrected chi connectivity index (χ0v) is 14.1. The van der Waals surface area contributed by atoms with E-state index >= 15 is 0 Å². The van der Waals surface area contributed by atoms with Crippen molar-refractivity contribution in [1.82, 2.24) is 0 Å². The number of ether oxygens (including phenoxy) is 1. The molecule has 1 rings (SSSR count). The van der Waals surface area contributed by atoms with Crippen molar-refractivity contribution in [3.63, 3.8) is 0 Å². The first-order chi connectivity index (χ1) is 10.0. The Hall–Kier alpha value is 0.0500. The van der Waals surface area contributed by atoms with Gasteiger partial charge in [-0.25, -0.2) is 0 Å². The Balaban J connectivity index is 0.00000441. The first-order valence-corrected chi connectivity index (χ1v) is 8.10. The van der Waals surface area contributed by atoms with E-state index in [1.165, 1.54) is 25.7 Å². The summed E-state index contributed by atoms with van der Waals surface area (Å²) in [4.78, 5) is 0. The molecular weight excluding hydrogens is 310 g/mol. The predicted octanol–water partition coefficient (Wildman–Crippen LogP) is 0.328. The lowest BCUT2D eigenvalue weighted by molar-refractivity contribution is -0.198. The van der Waals surface area contributed by atoms with Crippen LogP contribution in [-0.4, -0.2) is 63.6 Å². The number of rotatable bonds is 9. The second-order valence-electron chi connectivity index (χ2n) is 6.00. The number of hydrogen-bond acceptors (Lipinski definition) is 6. The van der Waals surface area contributed by atoms with Gasteiger partial charge in [0.25, 0.3) is 0 Å². The molecule has 0 radical (unpaired) electrons. The highest BCUT2D eigenvalue weighted by Gasteiger charge is 2.47. The van der Waals surface area contributed by atoms with E-state index in [4.69, 9.17) is 10.5 Å². The summed E-state index contributed by atoms with van der Waals surface area (Å²) in [6.07, 6.45) is 1.78. The van der Waals surface area contributed by atoms with E-state index in [1.54, 1.807) is 0 Å². The van der Waals surface area contributed by atoms with Gasteiger partial charge in [-0.3, -0.25) is 0 Å². The molecule has 0 unspecified atom stereocenters. The molecule has 0 spiro atoms. The van der Waals surface area contributed by atoms with Crippen LogP contribution >= 0.6 is 12.4 Å². The van der Waals surface area contributed by atoms with Gasteiger partial charge in [-0.1, -0.05) is 45.4 Å². The quantitative estimate of drug-likeness (QED) is 0.386. The summed E-state index contributed by atoms with van der Waals surface area (Å²) in [7, 11) is 0. The van der Waals surface area contributed by atoms with Gasteiger partial charge >= 0.3 is 0 Å². The summed E-state index contributed by atoms with van der Waals surface area (Å²) < 4.78 is 5.52. The molecule has 0 saturated heterocycles. The molecule has 1 saturated carbocycles. The Morgan fingerprint density at radius 2 is 1.27 bits per heavy atom. The Morgan fingerprint density at radius 1 is 0.773 bits per heavy atom. The normalized spacial score (nSPS) is 35.2. The fraction of sp³-hybridized carbons (Fsp3) is 1.00. The van der Waals surface area contributed by atoms with E-state index in [1.807, 2.05) is 0 Å². The van der Waals surface area contributed by atoms with Gasteiger partial charge in [0.2, 0.25) is 0 Å². The molecule has 0 bridgehead atoms. The highest BCUT2D eigenvalue weighted by molar-refractivity contribution is 5.85. The number of nitrogens with two attached hydrogens (primary N) is 1. The number of unbranched alkanes of at least 4 members (excludes halogenated alkanes) is 6. The van der Waals surface area contributed by atoms with Crippen LogP contribution in [0.3, 0.4) is 0 Å². The number of halogens is 1. The molecule has 6 atom stereocenters. The van der Waals surface area contributed by atoms with Crippen LogP contribution in [0, 0.1) is 0 Å². The summed E-state index contributed by atoms with van der Waals surface area (Å²) in [5.41, 5.74) is 5.76. The van der Waals surface area contributed by atoms with Crippen molar-refractivity contribution in [2.75, 3.05) is 6.61 Å². The third-order valence-corrected chi connectivity index (χ3v) is 4.22. The zero-order valence-electron chi connectivity index (χ0n) is 13.3. The second kappa shape index (κ2) is 11.6. The van der Waals surface area contributed by atoms with E-state index < -0.39 is 36.6 Å². The first kappa shape index (κ1) is 22.1. The fourth-order valence-electron chi connectivity index (χ4n) is 2.74. The summed E-state index contributed by atoms with van der Waals surface area (Å²) >= 11 is 0.